The van der Waals surface area contributed by atoms with Gasteiger partial charge < -0.3 is 4.74 Å². The van der Waals surface area contributed by atoms with E-state index in [-0.39, 0.29) is 5.97 Å². The molecule has 0 radical (unpaired) electrons. The lowest BCUT2D eigenvalue weighted by molar-refractivity contribution is 0.0600. The second-order valence-electron chi connectivity index (χ2n) is 3.42. The van der Waals surface area contributed by atoms with Crippen molar-refractivity contribution in [3.8, 4) is 0 Å². The first kappa shape index (κ1) is 10.8. The molecule has 76 valence electrons. The van der Waals surface area contributed by atoms with Gasteiger partial charge >= 0.3 is 5.97 Å². The average molecular weight is 192 g/mol. The van der Waals surface area contributed by atoms with E-state index in [0.717, 1.165) is 6.42 Å². The average Bonchev–Trinajstić information content (AvgIpc) is 2.27. The van der Waals surface area contributed by atoms with E-state index in [0.29, 0.717) is 11.5 Å². The molecule has 0 aliphatic carbocycles. The van der Waals surface area contributed by atoms with Gasteiger partial charge in [-0.05, 0) is 30.0 Å². The third kappa shape index (κ3) is 2.34. The monoisotopic (exact) mass is 192 g/mol. The van der Waals surface area contributed by atoms with Gasteiger partial charge in [-0.2, -0.15) is 0 Å². The maximum Gasteiger partial charge on any atom is 0.337 e. The van der Waals surface area contributed by atoms with Crippen LogP contribution in [0.25, 0.3) is 0 Å². The Labute approximate surface area is 84.9 Å². The van der Waals surface area contributed by atoms with Gasteiger partial charge in [-0.1, -0.05) is 26.0 Å². The van der Waals surface area contributed by atoms with Crippen LogP contribution < -0.4 is 0 Å². The van der Waals surface area contributed by atoms with E-state index in [4.69, 9.17) is 0 Å². The molecule has 0 aliphatic heterocycles. The smallest absolute Gasteiger partial charge is 0.337 e. The lowest BCUT2D eigenvalue weighted by atomic mass is 9.98. The number of carbonyl (C=O) groups excluding carboxylic acids is 1. The Balaban J connectivity index is 2.83. The van der Waals surface area contributed by atoms with Crippen molar-refractivity contribution in [3.63, 3.8) is 0 Å². The maximum atomic E-state index is 11.1. The third-order valence-corrected chi connectivity index (χ3v) is 2.51. The van der Waals surface area contributed by atoms with Crippen LogP contribution in [0.3, 0.4) is 0 Å². The van der Waals surface area contributed by atoms with E-state index in [1.54, 1.807) is 0 Å². The molecule has 0 amide bonds. The van der Waals surface area contributed by atoms with Crippen LogP contribution in [0.15, 0.2) is 24.3 Å². The minimum absolute atomic E-state index is 0.277. The van der Waals surface area contributed by atoms with E-state index >= 15 is 0 Å². The van der Waals surface area contributed by atoms with Crippen molar-refractivity contribution < 1.29 is 9.53 Å². The number of hydrogen-bond donors (Lipinski definition) is 0. The lowest BCUT2D eigenvalue weighted by Crippen LogP contribution is -2.01. The van der Waals surface area contributed by atoms with Gasteiger partial charge in [0.1, 0.15) is 0 Å². The Morgan fingerprint density at radius 3 is 2.36 bits per heavy atom. The lowest BCUT2D eigenvalue weighted by Gasteiger charge is -2.08. The standard InChI is InChI=1S/C12H16O2/c1-4-9(2)10-5-7-11(8-6-10)12(13)14-3/h5-9H,4H2,1-3H3/t9-/m1/s1. The highest BCUT2D eigenvalue weighted by Gasteiger charge is 2.06. The zero-order chi connectivity index (χ0) is 10.6. The van der Waals surface area contributed by atoms with E-state index in [9.17, 15) is 4.79 Å². The SMILES string of the molecule is CC[C@@H](C)c1ccc(C(=O)OC)cc1. The molecular formula is C12H16O2. The minimum atomic E-state index is -0.277. The van der Waals surface area contributed by atoms with Gasteiger partial charge in [0.05, 0.1) is 12.7 Å². The fourth-order valence-electron chi connectivity index (χ4n) is 1.30. The summed E-state index contributed by atoms with van der Waals surface area (Å²) in [6.45, 7) is 4.33. The molecule has 0 spiro atoms. The van der Waals surface area contributed by atoms with Crippen LogP contribution in [0.2, 0.25) is 0 Å². The molecule has 0 heterocycles. The molecule has 0 fully saturated rings. The Bertz CT molecular complexity index is 301. The van der Waals surface area contributed by atoms with Crippen LogP contribution in [0.1, 0.15) is 42.1 Å². The number of ether oxygens (including phenoxy) is 1. The molecule has 1 rings (SSSR count). The van der Waals surface area contributed by atoms with Gasteiger partial charge in [0.2, 0.25) is 0 Å². The van der Waals surface area contributed by atoms with Crippen LogP contribution in [0, 0.1) is 0 Å². The van der Waals surface area contributed by atoms with Gasteiger partial charge in [0.25, 0.3) is 0 Å². The highest BCUT2D eigenvalue weighted by atomic mass is 16.5. The molecule has 0 aromatic heterocycles. The highest BCUT2D eigenvalue weighted by Crippen LogP contribution is 2.18. The molecule has 1 atom stereocenters. The van der Waals surface area contributed by atoms with Crippen LogP contribution >= 0.6 is 0 Å². The summed E-state index contributed by atoms with van der Waals surface area (Å²) in [4.78, 5) is 11.1. The molecule has 2 nitrogen and oxygen atoms in total. The molecule has 1 aromatic carbocycles. The zero-order valence-corrected chi connectivity index (χ0v) is 8.91. The molecule has 0 bridgehead atoms. The number of benzene rings is 1. The molecule has 0 unspecified atom stereocenters. The first-order valence-electron chi connectivity index (χ1n) is 4.87. The summed E-state index contributed by atoms with van der Waals surface area (Å²) in [5.41, 5.74) is 1.87. The van der Waals surface area contributed by atoms with Crippen molar-refractivity contribution in [2.75, 3.05) is 7.11 Å². The van der Waals surface area contributed by atoms with Crippen molar-refractivity contribution in [1.29, 1.82) is 0 Å². The molecule has 1 aromatic rings. The summed E-state index contributed by atoms with van der Waals surface area (Å²) in [5.74, 6) is 0.266. The first-order valence-corrected chi connectivity index (χ1v) is 4.87. The third-order valence-electron chi connectivity index (χ3n) is 2.51. The topological polar surface area (TPSA) is 26.3 Å². The van der Waals surface area contributed by atoms with Gasteiger partial charge in [0, 0.05) is 0 Å². The normalized spacial score (nSPS) is 12.2. The maximum absolute atomic E-state index is 11.1. The molecule has 14 heavy (non-hydrogen) atoms. The molecule has 2 heteroatoms. The molecule has 0 N–H and O–H groups in total. The minimum Gasteiger partial charge on any atom is -0.465 e. The van der Waals surface area contributed by atoms with Crippen LogP contribution in [0.5, 0.6) is 0 Å². The van der Waals surface area contributed by atoms with E-state index in [2.05, 4.69) is 18.6 Å². The number of esters is 1. The Morgan fingerprint density at radius 2 is 1.93 bits per heavy atom. The summed E-state index contributed by atoms with van der Waals surface area (Å²) in [6.07, 6.45) is 1.11. The van der Waals surface area contributed by atoms with Crippen LogP contribution in [-0.4, -0.2) is 13.1 Å². The Kier molecular flexibility index (Phi) is 3.69. The summed E-state index contributed by atoms with van der Waals surface area (Å²) in [6, 6.07) is 7.60. The largest absolute Gasteiger partial charge is 0.465 e. The van der Waals surface area contributed by atoms with Crippen molar-refractivity contribution in [1.82, 2.24) is 0 Å². The van der Waals surface area contributed by atoms with Crippen molar-refractivity contribution in [3.05, 3.63) is 35.4 Å². The Morgan fingerprint density at radius 1 is 1.36 bits per heavy atom. The summed E-state index contributed by atoms with van der Waals surface area (Å²) in [7, 11) is 1.39. The molecule has 0 aliphatic rings. The molecule has 0 saturated carbocycles. The predicted molar refractivity (Wildman–Crippen MR) is 56.5 cm³/mol. The fraction of sp³-hybridized carbons (Fsp3) is 0.417. The van der Waals surface area contributed by atoms with Gasteiger partial charge in [-0.3, -0.25) is 0 Å². The van der Waals surface area contributed by atoms with E-state index < -0.39 is 0 Å². The quantitative estimate of drug-likeness (QED) is 0.688. The van der Waals surface area contributed by atoms with E-state index in [1.807, 2.05) is 24.3 Å². The Hall–Kier alpha value is -1.31. The zero-order valence-electron chi connectivity index (χ0n) is 8.91. The molecular weight excluding hydrogens is 176 g/mol. The molecule has 0 saturated heterocycles. The fourth-order valence-corrected chi connectivity index (χ4v) is 1.30. The number of rotatable bonds is 3. The van der Waals surface area contributed by atoms with Crippen molar-refractivity contribution in [2.24, 2.45) is 0 Å². The number of carbonyl (C=O) groups is 1. The van der Waals surface area contributed by atoms with Gasteiger partial charge in [-0.25, -0.2) is 4.79 Å². The first-order chi connectivity index (χ1) is 6.69. The number of methoxy groups -OCH3 is 1. The second kappa shape index (κ2) is 4.80. The van der Waals surface area contributed by atoms with Crippen LogP contribution in [0.4, 0.5) is 0 Å². The van der Waals surface area contributed by atoms with Gasteiger partial charge in [0.15, 0.2) is 0 Å². The summed E-state index contributed by atoms with van der Waals surface area (Å²) < 4.78 is 4.62. The highest BCUT2D eigenvalue weighted by molar-refractivity contribution is 5.89. The van der Waals surface area contributed by atoms with Crippen molar-refractivity contribution in [2.45, 2.75) is 26.2 Å². The second-order valence-corrected chi connectivity index (χ2v) is 3.42. The van der Waals surface area contributed by atoms with E-state index in [1.165, 1.54) is 12.7 Å². The summed E-state index contributed by atoms with van der Waals surface area (Å²) in [5, 5.41) is 0. The summed E-state index contributed by atoms with van der Waals surface area (Å²) >= 11 is 0. The van der Waals surface area contributed by atoms with Crippen molar-refractivity contribution >= 4 is 5.97 Å². The van der Waals surface area contributed by atoms with Crippen LogP contribution in [-0.2, 0) is 4.74 Å². The predicted octanol–water partition coefficient (Wildman–Crippen LogP) is 2.99. The van der Waals surface area contributed by atoms with Gasteiger partial charge in [-0.15, -0.1) is 0 Å². The number of hydrogen-bond acceptors (Lipinski definition) is 2.